The number of hydrogen-bond acceptors (Lipinski definition) is 5. The number of fused-ring (bicyclic) bond motifs is 3. The van der Waals surface area contributed by atoms with E-state index in [1.54, 1.807) is 0 Å². The first kappa shape index (κ1) is 14.1. The van der Waals surface area contributed by atoms with Crippen molar-refractivity contribution in [1.82, 2.24) is 15.0 Å². The summed E-state index contributed by atoms with van der Waals surface area (Å²) in [5, 5.41) is 3.41. The van der Waals surface area contributed by atoms with Gasteiger partial charge in [0.15, 0.2) is 5.13 Å². The van der Waals surface area contributed by atoms with Gasteiger partial charge in [-0.3, -0.25) is 4.79 Å². The second-order valence-corrected chi connectivity index (χ2v) is 7.29. The Labute approximate surface area is 127 Å². The Morgan fingerprint density at radius 3 is 2.71 bits per heavy atom. The van der Waals surface area contributed by atoms with Gasteiger partial charge in [0, 0.05) is 18.5 Å². The average molecular weight is 302 g/mol. The summed E-state index contributed by atoms with van der Waals surface area (Å²) < 4.78 is 0. The number of aromatic nitrogens is 3. The minimum atomic E-state index is -0.0978. The molecule has 21 heavy (non-hydrogen) atoms. The molecule has 6 heteroatoms. The Hall–Kier alpha value is -1.82. The minimum absolute atomic E-state index is 0.0855. The number of thiazole rings is 1. The fourth-order valence-corrected chi connectivity index (χ4v) is 3.39. The summed E-state index contributed by atoms with van der Waals surface area (Å²) in [5.74, 6) is 0.739. The molecule has 110 valence electrons. The van der Waals surface area contributed by atoms with E-state index in [9.17, 15) is 4.79 Å². The number of amides is 1. The number of carbonyl (C=O) groups excluding carboxylic acids is 1. The summed E-state index contributed by atoms with van der Waals surface area (Å²) in [4.78, 5) is 26.0. The number of carbonyl (C=O) groups is 1. The number of hydrogen-bond donors (Lipinski definition) is 1. The highest BCUT2D eigenvalue weighted by Gasteiger charge is 2.26. The van der Waals surface area contributed by atoms with Crippen LogP contribution < -0.4 is 5.32 Å². The van der Waals surface area contributed by atoms with Crippen LogP contribution in [0, 0.1) is 0 Å². The smallest absolute Gasteiger partial charge is 0.223 e. The van der Waals surface area contributed by atoms with Gasteiger partial charge >= 0.3 is 0 Å². The van der Waals surface area contributed by atoms with Gasteiger partial charge in [-0.2, -0.15) is 0 Å². The Bertz CT molecular complexity index is 715. The molecule has 0 bridgehead atoms. The van der Waals surface area contributed by atoms with E-state index in [4.69, 9.17) is 4.98 Å². The van der Waals surface area contributed by atoms with Crippen molar-refractivity contribution < 1.29 is 4.79 Å². The lowest BCUT2D eigenvalue weighted by Crippen LogP contribution is -2.18. The number of nitrogens with zero attached hydrogens (tertiary/aromatic N) is 3. The second kappa shape index (κ2) is 4.87. The molecular formula is C15H18N4OS. The van der Waals surface area contributed by atoms with Crippen molar-refractivity contribution in [2.45, 2.75) is 46.0 Å². The zero-order valence-corrected chi connectivity index (χ0v) is 13.5. The van der Waals surface area contributed by atoms with Crippen molar-refractivity contribution in [2.24, 2.45) is 0 Å². The lowest BCUT2D eigenvalue weighted by molar-refractivity contribution is -0.114. The van der Waals surface area contributed by atoms with Gasteiger partial charge in [-0.1, -0.05) is 32.1 Å². The molecule has 1 aliphatic carbocycles. The van der Waals surface area contributed by atoms with Gasteiger partial charge in [0.25, 0.3) is 0 Å². The molecule has 3 rings (SSSR count). The third-order valence-electron chi connectivity index (χ3n) is 3.36. The molecule has 0 radical (unpaired) electrons. The summed E-state index contributed by atoms with van der Waals surface area (Å²) in [6.07, 6.45) is 3.70. The molecule has 0 aromatic carbocycles. The Balaban J connectivity index is 2.08. The molecule has 1 aliphatic rings. The van der Waals surface area contributed by atoms with Crippen LogP contribution in [0.2, 0.25) is 0 Å². The molecule has 0 saturated carbocycles. The van der Waals surface area contributed by atoms with Crippen LogP contribution in [0.3, 0.4) is 0 Å². The van der Waals surface area contributed by atoms with E-state index < -0.39 is 0 Å². The maximum Gasteiger partial charge on any atom is 0.223 e. The van der Waals surface area contributed by atoms with Crippen molar-refractivity contribution in [1.29, 1.82) is 0 Å². The van der Waals surface area contributed by atoms with E-state index in [1.165, 1.54) is 18.3 Å². The SMILES string of the molecule is CC(=O)Nc1nc2c(s1)-c1nc(C(C)(C)C)ncc1CC2. The summed E-state index contributed by atoms with van der Waals surface area (Å²) in [6, 6.07) is 0. The van der Waals surface area contributed by atoms with Crippen LogP contribution in [0.4, 0.5) is 5.13 Å². The summed E-state index contributed by atoms with van der Waals surface area (Å²) in [6.45, 7) is 7.81. The van der Waals surface area contributed by atoms with E-state index in [0.717, 1.165) is 40.5 Å². The second-order valence-electron chi connectivity index (χ2n) is 6.29. The van der Waals surface area contributed by atoms with Gasteiger partial charge in [-0.15, -0.1) is 0 Å². The van der Waals surface area contributed by atoms with Gasteiger partial charge in [-0.25, -0.2) is 15.0 Å². The molecule has 2 heterocycles. The van der Waals surface area contributed by atoms with E-state index >= 15 is 0 Å². The van der Waals surface area contributed by atoms with Crippen molar-refractivity contribution in [3.05, 3.63) is 23.3 Å². The molecule has 0 aliphatic heterocycles. The predicted octanol–water partition coefficient (Wildman–Crippen LogP) is 2.95. The van der Waals surface area contributed by atoms with E-state index in [1.807, 2.05) is 6.20 Å². The van der Waals surface area contributed by atoms with Crippen LogP contribution in [0.25, 0.3) is 10.6 Å². The fraction of sp³-hybridized carbons (Fsp3) is 0.467. The van der Waals surface area contributed by atoms with Crippen LogP contribution in [0.5, 0.6) is 0 Å². The van der Waals surface area contributed by atoms with Crippen LogP contribution >= 0.6 is 11.3 Å². The van der Waals surface area contributed by atoms with Crippen molar-refractivity contribution in [3.8, 4) is 10.6 Å². The zero-order valence-electron chi connectivity index (χ0n) is 12.6. The maximum absolute atomic E-state index is 11.2. The summed E-state index contributed by atoms with van der Waals surface area (Å²) in [7, 11) is 0. The maximum atomic E-state index is 11.2. The van der Waals surface area contributed by atoms with Gasteiger partial charge < -0.3 is 5.32 Å². The third kappa shape index (κ3) is 2.68. The molecule has 0 spiro atoms. The number of rotatable bonds is 1. The van der Waals surface area contributed by atoms with E-state index in [-0.39, 0.29) is 11.3 Å². The fourth-order valence-electron chi connectivity index (χ4n) is 2.31. The van der Waals surface area contributed by atoms with Gasteiger partial charge in [0.2, 0.25) is 5.91 Å². The third-order valence-corrected chi connectivity index (χ3v) is 4.38. The molecule has 0 fully saturated rings. The lowest BCUT2D eigenvalue weighted by atomic mass is 9.94. The predicted molar refractivity (Wildman–Crippen MR) is 83.6 cm³/mol. The summed E-state index contributed by atoms with van der Waals surface area (Å²) in [5.41, 5.74) is 3.08. The van der Waals surface area contributed by atoms with Crippen LogP contribution in [0.15, 0.2) is 6.20 Å². The highest BCUT2D eigenvalue weighted by atomic mass is 32.1. The van der Waals surface area contributed by atoms with Gasteiger partial charge in [0.05, 0.1) is 16.3 Å². The lowest BCUT2D eigenvalue weighted by Gasteiger charge is -2.20. The quantitative estimate of drug-likeness (QED) is 0.879. The molecule has 0 atom stereocenters. The summed E-state index contributed by atoms with van der Waals surface area (Å²) >= 11 is 1.49. The normalized spacial score (nSPS) is 13.5. The van der Waals surface area contributed by atoms with Crippen molar-refractivity contribution >= 4 is 22.4 Å². The monoisotopic (exact) mass is 302 g/mol. The van der Waals surface area contributed by atoms with Gasteiger partial charge in [0.1, 0.15) is 5.82 Å². The average Bonchev–Trinajstić information content (AvgIpc) is 2.78. The first-order valence-electron chi connectivity index (χ1n) is 6.98. The highest BCUT2D eigenvalue weighted by Crippen LogP contribution is 2.38. The van der Waals surface area contributed by atoms with E-state index in [0.29, 0.717) is 5.13 Å². The van der Waals surface area contributed by atoms with Crippen LogP contribution in [0.1, 0.15) is 44.8 Å². The molecule has 2 aromatic heterocycles. The molecule has 5 nitrogen and oxygen atoms in total. The van der Waals surface area contributed by atoms with Crippen molar-refractivity contribution in [3.63, 3.8) is 0 Å². The van der Waals surface area contributed by atoms with Crippen molar-refractivity contribution in [2.75, 3.05) is 5.32 Å². The number of anilines is 1. The largest absolute Gasteiger partial charge is 0.302 e. The topological polar surface area (TPSA) is 67.8 Å². The highest BCUT2D eigenvalue weighted by molar-refractivity contribution is 7.19. The van der Waals surface area contributed by atoms with Crippen LogP contribution in [-0.2, 0) is 23.1 Å². The molecule has 0 saturated heterocycles. The zero-order chi connectivity index (χ0) is 15.2. The standard InChI is InChI=1S/C15H18N4OS/c1-8(20)17-14-18-10-6-5-9-7-16-13(15(2,3)4)19-11(9)12(10)21-14/h7H,5-6H2,1-4H3,(H,17,18,20). The first-order valence-corrected chi connectivity index (χ1v) is 7.80. The Morgan fingerprint density at radius 1 is 1.29 bits per heavy atom. The molecule has 2 aromatic rings. The molecule has 0 unspecified atom stereocenters. The molecular weight excluding hydrogens is 284 g/mol. The molecule has 1 N–H and O–H groups in total. The Kier molecular flexibility index (Phi) is 3.28. The van der Waals surface area contributed by atoms with Crippen LogP contribution in [-0.4, -0.2) is 20.9 Å². The van der Waals surface area contributed by atoms with E-state index in [2.05, 4.69) is 36.1 Å². The minimum Gasteiger partial charge on any atom is -0.302 e. The first-order chi connectivity index (χ1) is 9.84. The molecule has 1 amide bonds. The Morgan fingerprint density at radius 2 is 2.05 bits per heavy atom. The van der Waals surface area contributed by atoms with Gasteiger partial charge in [-0.05, 0) is 18.4 Å². The number of nitrogens with one attached hydrogen (secondary N) is 1. The number of aryl methyl sites for hydroxylation is 2.